The number of aliphatic hydroxyl groups is 1. The average molecular weight is 746 g/mol. The summed E-state index contributed by atoms with van der Waals surface area (Å²) in [5.41, 5.74) is 6.00. The normalized spacial score (nSPS) is 34.7. The van der Waals surface area contributed by atoms with E-state index in [-0.39, 0.29) is 71.5 Å². The van der Waals surface area contributed by atoms with Crippen LogP contribution in [0.2, 0.25) is 0 Å². The van der Waals surface area contributed by atoms with Crippen LogP contribution in [-0.2, 0) is 25.7 Å². The number of ketones is 1. The number of nitrogens with zero attached hydrogens (tertiary/aromatic N) is 6. The van der Waals surface area contributed by atoms with Gasteiger partial charge in [0.15, 0.2) is 17.0 Å². The van der Waals surface area contributed by atoms with E-state index >= 15 is 0 Å². The van der Waals surface area contributed by atoms with E-state index in [2.05, 4.69) is 47.2 Å². The number of fused-ring (bicyclic) bond motifs is 1. The first-order valence-corrected chi connectivity index (χ1v) is 19.4. The number of nitrogens with two attached hydrogens (primary N) is 1. The van der Waals surface area contributed by atoms with E-state index < -0.39 is 23.0 Å². The zero-order chi connectivity index (χ0) is 36.0. The van der Waals surface area contributed by atoms with Crippen LogP contribution in [0.25, 0.3) is 11.2 Å². The number of hydrogen-bond donors (Lipinski definition) is 2. The van der Waals surface area contributed by atoms with Crippen molar-refractivity contribution in [3.63, 3.8) is 0 Å². The molecule has 0 spiro atoms. The van der Waals surface area contributed by atoms with Crippen LogP contribution >= 0.6 is 24.2 Å². The number of thioether (sulfide) groups is 1. The van der Waals surface area contributed by atoms with Crippen molar-refractivity contribution in [2.75, 3.05) is 43.1 Å². The van der Waals surface area contributed by atoms with Crippen LogP contribution in [-0.4, -0.2) is 104 Å². The predicted octanol–water partition coefficient (Wildman–Crippen LogP) is 4.27. The Hall–Kier alpha value is -2.74. The number of ether oxygens (including phenoxy) is 1. The molecule has 1 amide bonds. The number of imidazole rings is 1. The molecular formula is C37H56ClN7O5S. The molecule has 51 heavy (non-hydrogen) atoms. The highest BCUT2D eigenvalue weighted by Crippen LogP contribution is 2.68. The maximum Gasteiger partial charge on any atom is 0.316 e. The number of halogens is 1. The first-order valence-electron chi connectivity index (χ1n) is 18.3. The molecule has 4 aliphatic rings. The van der Waals surface area contributed by atoms with Crippen molar-refractivity contribution in [2.45, 2.75) is 97.4 Å². The standard InChI is InChI=1S/C37H55N7O5S.ClH/c1-7-35(4)18-27(36(5)23(2)8-12-37(24(3)32(35)48)13-9-26(45)31(36)37)49-29(47)20-50-17-16-42(6)28(46)11-15-44-22-41-30-33(39-21-40-34(30)44)43-14-10-25(38)19-43;/h7,21-25,27,31-32,48H,1,8-20,38H2,2-6H3;1H/t23-,24+,25?,27-,31-,32+,35-,36+,37+;/m1./s1. The van der Waals surface area contributed by atoms with Gasteiger partial charge in [-0.2, -0.15) is 0 Å². The molecule has 3 heterocycles. The highest BCUT2D eigenvalue weighted by molar-refractivity contribution is 7.99. The zero-order valence-corrected chi connectivity index (χ0v) is 32.4. The van der Waals surface area contributed by atoms with E-state index in [1.807, 2.05) is 17.6 Å². The molecule has 6 rings (SSSR count). The zero-order valence-electron chi connectivity index (χ0n) is 30.8. The molecule has 14 heteroatoms. The summed E-state index contributed by atoms with van der Waals surface area (Å²) in [6.45, 7) is 15.0. The Morgan fingerprint density at radius 3 is 2.69 bits per heavy atom. The molecule has 0 radical (unpaired) electrons. The minimum Gasteiger partial charge on any atom is -0.461 e. The van der Waals surface area contributed by atoms with Crippen LogP contribution in [0, 0.1) is 34.0 Å². The van der Waals surface area contributed by atoms with Gasteiger partial charge in [0.1, 0.15) is 18.2 Å². The molecule has 1 aliphatic heterocycles. The van der Waals surface area contributed by atoms with E-state index in [9.17, 15) is 19.5 Å². The Morgan fingerprint density at radius 2 is 1.98 bits per heavy atom. The van der Waals surface area contributed by atoms with Gasteiger partial charge in [0.2, 0.25) is 5.91 Å². The molecule has 3 aliphatic carbocycles. The van der Waals surface area contributed by atoms with Crippen molar-refractivity contribution in [3.8, 4) is 0 Å². The van der Waals surface area contributed by atoms with Crippen LogP contribution in [0.1, 0.15) is 72.6 Å². The lowest BCUT2D eigenvalue weighted by molar-refractivity contribution is -0.205. The van der Waals surface area contributed by atoms with Gasteiger partial charge in [0.05, 0.1) is 18.2 Å². The maximum absolute atomic E-state index is 13.6. The number of amides is 1. The van der Waals surface area contributed by atoms with Gasteiger partial charge in [-0.15, -0.1) is 30.7 Å². The maximum atomic E-state index is 13.6. The third-order valence-corrected chi connectivity index (χ3v) is 14.2. The highest BCUT2D eigenvalue weighted by Gasteiger charge is 2.68. The Morgan fingerprint density at radius 1 is 1.22 bits per heavy atom. The van der Waals surface area contributed by atoms with Crippen molar-refractivity contribution >= 4 is 58.8 Å². The van der Waals surface area contributed by atoms with E-state index in [0.717, 1.165) is 44.6 Å². The van der Waals surface area contributed by atoms with Gasteiger partial charge in [-0.3, -0.25) is 14.4 Å². The van der Waals surface area contributed by atoms with Gasteiger partial charge in [-0.1, -0.05) is 33.8 Å². The van der Waals surface area contributed by atoms with Gasteiger partial charge in [-0.05, 0) is 49.4 Å². The summed E-state index contributed by atoms with van der Waals surface area (Å²) in [5.74, 6) is 1.26. The van der Waals surface area contributed by atoms with E-state index in [4.69, 9.17) is 10.5 Å². The summed E-state index contributed by atoms with van der Waals surface area (Å²) in [6, 6.07) is 0.122. The molecule has 1 saturated heterocycles. The first kappa shape index (κ1) is 39.5. The number of carbonyl (C=O) groups excluding carboxylic acids is 3. The molecule has 12 nitrogen and oxygen atoms in total. The number of anilines is 1. The van der Waals surface area contributed by atoms with Crippen LogP contribution in [0.5, 0.6) is 0 Å². The lowest BCUT2D eigenvalue weighted by Crippen LogP contribution is -2.63. The number of esters is 1. The molecule has 2 aromatic rings. The number of aromatic nitrogens is 4. The van der Waals surface area contributed by atoms with Gasteiger partial charge in [-0.25, -0.2) is 15.0 Å². The number of aryl methyl sites for hydroxylation is 1. The second-order valence-electron chi connectivity index (χ2n) is 16.0. The second-order valence-corrected chi connectivity index (χ2v) is 17.1. The number of carbonyl (C=O) groups is 3. The lowest BCUT2D eigenvalue weighted by atomic mass is 9.44. The molecular weight excluding hydrogens is 690 g/mol. The van der Waals surface area contributed by atoms with Gasteiger partial charge in [0.25, 0.3) is 0 Å². The molecule has 282 valence electrons. The molecule has 2 aromatic heterocycles. The SMILES string of the molecule is C=C[C@]1(C)C[C@@H](OC(=O)CSCCN(C)C(=O)CCn2cnc3c(N4CCC(N)C4)ncnc32)[C@]2(C)[C@H](C)CC[C@]3(CCC(=O)[C@@H]32)[C@@H](C)[C@@H]1O.Cl. The van der Waals surface area contributed by atoms with Crippen LogP contribution in [0.15, 0.2) is 25.3 Å². The van der Waals surface area contributed by atoms with Crippen LogP contribution in [0.4, 0.5) is 5.82 Å². The minimum absolute atomic E-state index is 0. The molecule has 1 unspecified atom stereocenters. The Bertz CT molecular complexity index is 1630. The summed E-state index contributed by atoms with van der Waals surface area (Å²) < 4.78 is 8.24. The first-order chi connectivity index (χ1) is 23.7. The molecule has 9 atom stereocenters. The van der Waals surface area contributed by atoms with E-state index in [1.165, 1.54) is 18.1 Å². The minimum atomic E-state index is -0.692. The topological polar surface area (TPSA) is 157 Å². The summed E-state index contributed by atoms with van der Waals surface area (Å²) in [7, 11) is 1.78. The number of hydrogen-bond acceptors (Lipinski definition) is 11. The molecule has 2 bridgehead atoms. The van der Waals surface area contributed by atoms with Crippen molar-refractivity contribution in [1.29, 1.82) is 0 Å². The number of rotatable bonds is 11. The molecule has 4 fully saturated rings. The van der Waals surface area contributed by atoms with Crippen LogP contribution < -0.4 is 10.6 Å². The fourth-order valence-electron chi connectivity index (χ4n) is 9.83. The highest BCUT2D eigenvalue weighted by atomic mass is 35.5. The van der Waals surface area contributed by atoms with Gasteiger partial charge < -0.3 is 29.9 Å². The second kappa shape index (κ2) is 15.3. The molecule has 3 saturated carbocycles. The Labute approximate surface area is 312 Å². The third-order valence-electron chi connectivity index (χ3n) is 13.3. The Balaban J connectivity index is 0.00000504. The average Bonchev–Trinajstić information content (AvgIpc) is 3.83. The quantitative estimate of drug-likeness (QED) is 0.192. The largest absolute Gasteiger partial charge is 0.461 e. The van der Waals surface area contributed by atoms with Crippen molar-refractivity contribution in [3.05, 3.63) is 25.3 Å². The summed E-state index contributed by atoms with van der Waals surface area (Å²) in [4.78, 5) is 57.4. The van der Waals surface area contributed by atoms with E-state index in [1.54, 1.807) is 18.3 Å². The molecule has 0 aromatic carbocycles. The van der Waals surface area contributed by atoms with Gasteiger partial charge >= 0.3 is 5.97 Å². The smallest absolute Gasteiger partial charge is 0.316 e. The van der Waals surface area contributed by atoms with Crippen LogP contribution in [0.3, 0.4) is 0 Å². The number of aliphatic hydroxyl groups excluding tert-OH is 1. The predicted molar refractivity (Wildman–Crippen MR) is 202 cm³/mol. The Kier molecular flexibility index (Phi) is 11.9. The van der Waals surface area contributed by atoms with Crippen molar-refractivity contribution in [2.24, 2.45) is 39.7 Å². The fourth-order valence-corrected chi connectivity index (χ4v) is 10.6. The molecule has 3 N–H and O–H groups in total. The van der Waals surface area contributed by atoms with E-state index in [0.29, 0.717) is 42.8 Å². The number of Topliss-reactive ketones (excluding diaryl/α,β-unsaturated/α-hetero) is 1. The monoisotopic (exact) mass is 745 g/mol. The van der Waals surface area contributed by atoms with Gasteiger partial charge in [0, 0.05) is 74.6 Å². The third kappa shape index (κ3) is 7.04. The summed E-state index contributed by atoms with van der Waals surface area (Å²) in [5, 5.41) is 11.7. The lowest BCUT2D eigenvalue weighted by Gasteiger charge is -2.61. The fraction of sp³-hybridized carbons (Fsp3) is 0.730. The summed E-state index contributed by atoms with van der Waals surface area (Å²) >= 11 is 1.43. The van der Waals surface area contributed by atoms with Crippen molar-refractivity contribution in [1.82, 2.24) is 24.4 Å². The summed E-state index contributed by atoms with van der Waals surface area (Å²) in [6.07, 6.45) is 8.58. The van der Waals surface area contributed by atoms with Crippen molar-refractivity contribution < 1.29 is 24.2 Å².